The van der Waals surface area contributed by atoms with Crippen molar-refractivity contribution in [3.05, 3.63) is 28.8 Å². The first-order valence-corrected chi connectivity index (χ1v) is 5.73. The van der Waals surface area contributed by atoms with Crippen molar-refractivity contribution in [1.29, 1.82) is 0 Å². The van der Waals surface area contributed by atoms with Gasteiger partial charge in [0.15, 0.2) is 0 Å². The lowest BCUT2D eigenvalue weighted by Crippen LogP contribution is -2.31. The summed E-state index contributed by atoms with van der Waals surface area (Å²) in [7, 11) is 0. The summed E-state index contributed by atoms with van der Waals surface area (Å²) in [6, 6.07) is 4.20. The highest BCUT2D eigenvalue weighted by Gasteiger charge is 2.26. The van der Waals surface area contributed by atoms with Crippen molar-refractivity contribution in [2.75, 3.05) is 11.9 Å². The van der Waals surface area contributed by atoms with Crippen LogP contribution in [0.4, 0.5) is 5.69 Å². The van der Waals surface area contributed by atoms with E-state index in [0.29, 0.717) is 6.54 Å². The molecule has 0 saturated carbocycles. The van der Waals surface area contributed by atoms with E-state index in [4.69, 9.17) is 5.73 Å². The van der Waals surface area contributed by atoms with Crippen LogP contribution < -0.4 is 11.1 Å². The fraction of sp³-hybridized carbons (Fsp3) is 0.462. The number of amides is 1. The van der Waals surface area contributed by atoms with Crippen molar-refractivity contribution in [3.8, 4) is 0 Å². The van der Waals surface area contributed by atoms with Crippen LogP contribution in [0.15, 0.2) is 12.1 Å². The lowest BCUT2D eigenvalue weighted by atomic mass is 9.87. The number of hydrogen-bond acceptors (Lipinski definition) is 2. The number of carbonyl (C=O) groups is 1. The Morgan fingerprint density at radius 1 is 1.44 bits per heavy atom. The van der Waals surface area contributed by atoms with E-state index < -0.39 is 0 Å². The Hall–Kier alpha value is -1.35. The molecule has 1 aromatic carbocycles. The van der Waals surface area contributed by atoms with E-state index in [1.165, 1.54) is 16.7 Å². The van der Waals surface area contributed by atoms with Crippen molar-refractivity contribution in [1.82, 2.24) is 0 Å². The summed E-state index contributed by atoms with van der Waals surface area (Å²) in [6.07, 6.45) is 1.59. The third kappa shape index (κ3) is 1.95. The maximum Gasteiger partial charge on any atom is 0.227 e. The highest BCUT2D eigenvalue weighted by atomic mass is 16.1. The third-order valence-corrected chi connectivity index (χ3v) is 3.21. The molecule has 0 radical (unpaired) electrons. The van der Waals surface area contributed by atoms with Gasteiger partial charge in [-0.3, -0.25) is 4.79 Å². The number of benzene rings is 1. The highest BCUT2D eigenvalue weighted by Crippen LogP contribution is 2.30. The van der Waals surface area contributed by atoms with E-state index in [9.17, 15) is 4.79 Å². The molecule has 3 nitrogen and oxygen atoms in total. The number of nitrogens with two attached hydrogens (primary N) is 1. The Balaban J connectivity index is 2.35. The quantitative estimate of drug-likeness (QED) is 0.794. The third-order valence-electron chi connectivity index (χ3n) is 3.21. The lowest BCUT2D eigenvalue weighted by molar-refractivity contribution is -0.120. The van der Waals surface area contributed by atoms with Gasteiger partial charge in [-0.05, 0) is 56.0 Å². The van der Waals surface area contributed by atoms with Crippen LogP contribution in [0.25, 0.3) is 0 Å². The number of anilines is 1. The van der Waals surface area contributed by atoms with E-state index in [0.717, 1.165) is 18.5 Å². The van der Waals surface area contributed by atoms with Gasteiger partial charge in [-0.15, -0.1) is 0 Å². The van der Waals surface area contributed by atoms with Gasteiger partial charge in [0, 0.05) is 11.6 Å². The number of carbonyl (C=O) groups excluding carboxylic acids is 1. The van der Waals surface area contributed by atoms with Gasteiger partial charge in [-0.1, -0.05) is 6.07 Å². The molecule has 1 amide bonds. The SMILES string of the molecule is Cc1cc(C)c2c(c1)NC(=O)C(CCN)C2. The summed E-state index contributed by atoms with van der Waals surface area (Å²) in [5.74, 6) is 0.154. The molecule has 0 aliphatic carbocycles. The molecule has 3 heteroatoms. The molecule has 1 atom stereocenters. The van der Waals surface area contributed by atoms with Crippen LogP contribution in [-0.2, 0) is 11.2 Å². The molecule has 2 rings (SSSR count). The summed E-state index contributed by atoms with van der Waals surface area (Å²) in [5, 5.41) is 2.98. The average Bonchev–Trinajstić information content (AvgIpc) is 2.20. The van der Waals surface area contributed by atoms with Crippen LogP contribution >= 0.6 is 0 Å². The molecule has 0 saturated heterocycles. The lowest BCUT2D eigenvalue weighted by Gasteiger charge is -2.26. The summed E-state index contributed by atoms with van der Waals surface area (Å²) < 4.78 is 0. The maximum absolute atomic E-state index is 11.8. The number of hydrogen-bond donors (Lipinski definition) is 2. The van der Waals surface area contributed by atoms with E-state index in [-0.39, 0.29) is 11.8 Å². The first kappa shape index (κ1) is 11.1. The summed E-state index contributed by atoms with van der Waals surface area (Å²) in [5.41, 5.74) is 10.2. The van der Waals surface area contributed by atoms with E-state index in [1.807, 2.05) is 13.0 Å². The minimum absolute atomic E-state index is 0.0407. The molecular formula is C13H18N2O. The molecule has 0 spiro atoms. The Labute approximate surface area is 96.0 Å². The van der Waals surface area contributed by atoms with E-state index in [2.05, 4.69) is 18.3 Å². The maximum atomic E-state index is 11.8. The molecular weight excluding hydrogens is 200 g/mol. The molecule has 1 aromatic rings. The zero-order valence-corrected chi connectivity index (χ0v) is 9.84. The second kappa shape index (κ2) is 4.26. The number of nitrogens with one attached hydrogen (secondary N) is 1. The largest absolute Gasteiger partial charge is 0.330 e. The van der Waals surface area contributed by atoms with Gasteiger partial charge < -0.3 is 11.1 Å². The zero-order valence-electron chi connectivity index (χ0n) is 9.84. The predicted molar refractivity (Wildman–Crippen MR) is 65.4 cm³/mol. The summed E-state index contributed by atoms with van der Waals surface area (Å²) in [6.45, 7) is 4.71. The van der Waals surface area contributed by atoms with Gasteiger partial charge in [-0.2, -0.15) is 0 Å². The van der Waals surface area contributed by atoms with Crippen molar-refractivity contribution in [2.24, 2.45) is 11.7 Å². The van der Waals surface area contributed by atoms with Crippen LogP contribution in [-0.4, -0.2) is 12.5 Å². The Morgan fingerprint density at radius 2 is 2.19 bits per heavy atom. The topological polar surface area (TPSA) is 55.1 Å². The standard InChI is InChI=1S/C13H18N2O/c1-8-5-9(2)11-7-10(3-4-14)13(16)15-12(11)6-8/h5-6,10H,3-4,7,14H2,1-2H3,(H,15,16). The van der Waals surface area contributed by atoms with E-state index >= 15 is 0 Å². The molecule has 0 aromatic heterocycles. The molecule has 16 heavy (non-hydrogen) atoms. The minimum Gasteiger partial charge on any atom is -0.330 e. The van der Waals surface area contributed by atoms with Gasteiger partial charge in [-0.25, -0.2) is 0 Å². The molecule has 1 unspecified atom stereocenters. The summed E-state index contributed by atoms with van der Waals surface area (Å²) >= 11 is 0. The van der Waals surface area contributed by atoms with Crippen LogP contribution in [0, 0.1) is 19.8 Å². The Morgan fingerprint density at radius 3 is 2.88 bits per heavy atom. The predicted octanol–water partition coefficient (Wildman–Crippen LogP) is 1.76. The molecule has 1 aliphatic rings. The molecule has 0 fully saturated rings. The van der Waals surface area contributed by atoms with Gasteiger partial charge in [0.1, 0.15) is 0 Å². The van der Waals surface area contributed by atoms with Gasteiger partial charge in [0.2, 0.25) is 5.91 Å². The number of rotatable bonds is 2. The van der Waals surface area contributed by atoms with Gasteiger partial charge in [0.25, 0.3) is 0 Å². The van der Waals surface area contributed by atoms with Crippen molar-refractivity contribution < 1.29 is 4.79 Å². The molecule has 86 valence electrons. The summed E-state index contributed by atoms with van der Waals surface area (Å²) in [4.78, 5) is 11.8. The van der Waals surface area contributed by atoms with Crippen molar-refractivity contribution in [3.63, 3.8) is 0 Å². The van der Waals surface area contributed by atoms with Gasteiger partial charge >= 0.3 is 0 Å². The van der Waals surface area contributed by atoms with E-state index in [1.54, 1.807) is 0 Å². The zero-order chi connectivity index (χ0) is 11.7. The first-order chi connectivity index (χ1) is 7.61. The van der Waals surface area contributed by atoms with Crippen LogP contribution in [0.5, 0.6) is 0 Å². The van der Waals surface area contributed by atoms with Crippen molar-refractivity contribution in [2.45, 2.75) is 26.7 Å². The Bertz CT molecular complexity index is 426. The van der Waals surface area contributed by atoms with Crippen molar-refractivity contribution >= 4 is 11.6 Å². The highest BCUT2D eigenvalue weighted by molar-refractivity contribution is 5.96. The van der Waals surface area contributed by atoms with Gasteiger partial charge in [0.05, 0.1) is 0 Å². The molecule has 1 aliphatic heterocycles. The first-order valence-electron chi connectivity index (χ1n) is 5.73. The minimum atomic E-state index is 0.0407. The average molecular weight is 218 g/mol. The second-order valence-electron chi connectivity index (χ2n) is 4.58. The second-order valence-corrected chi connectivity index (χ2v) is 4.58. The normalized spacial score (nSPS) is 19.2. The fourth-order valence-electron chi connectivity index (χ4n) is 2.39. The van der Waals surface area contributed by atoms with Crippen LogP contribution in [0.1, 0.15) is 23.1 Å². The number of aryl methyl sites for hydroxylation is 2. The molecule has 0 bridgehead atoms. The fourth-order valence-corrected chi connectivity index (χ4v) is 2.39. The molecule has 1 heterocycles. The monoisotopic (exact) mass is 218 g/mol. The van der Waals surface area contributed by atoms with Crippen LogP contribution in [0.3, 0.4) is 0 Å². The molecule has 3 N–H and O–H groups in total. The Kier molecular flexibility index (Phi) is 2.97. The number of fused-ring (bicyclic) bond motifs is 1. The van der Waals surface area contributed by atoms with Crippen LogP contribution in [0.2, 0.25) is 0 Å². The smallest absolute Gasteiger partial charge is 0.227 e.